The van der Waals surface area contributed by atoms with Crippen LogP contribution in [0.5, 0.6) is 0 Å². The largest absolute Gasteiger partial charge is 0.476 e. The number of amides is 2. The Morgan fingerprint density at radius 1 is 0.947 bits per heavy atom. The van der Waals surface area contributed by atoms with Gasteiger partial charge in [0.25, 0.3) is 0 Å². The number of anilines is 2. The number of carbonyl (C=O) groups is 2. The minimum absolute atomic E-state index is 0.0142. The molecule has 188 valence electrons. The standard InChI is InChI=1S/C29H22N4O3S2/c34-27(35)25-24(15-12-18-7-2-1-3-8-18)37-26(31-25)20-14-13-19-9-6-16-33(22(19)17-20)29(36)32-28-30-21-10-4-5-11-23(21)38-28/h1-5,7-8,10-15,17H,6,9,16H2,(H,34,35)(H,30,32,36)/b15-12+. The van der Waals surface area contributed by atoms with E-state index in [-0.39, 0.29) is 11.7 Å². The number of nitrogens with zero attached hydrogens (tertiary/aromatic N) is 3. The number of thiazole rings is 2. The van der Waals surface area contributed by atoms with Gasteiger partial charge in [-0.15, -0.1) is 11.3 Å². The van der Waals surface area contributed by atoms with E-state index in [2.05, 4.69) is 15.3 Å². The highest BCUT2D eigenvalue weighted by molar-refractivity contribution is 7.22. The fraction of sp³-hybridized carbons (Fsp3) is 0.103. The van der Waals surface area contributed by atoms with Gasteiger partial charge >= 0.3 is 12.0 Å². The molecule has 0 aliphatic carbocycles. The van der Waals surface area contributed by atoms with Gasteiger partial charge in [-0.1, -0.05) is 72.0 Å². The lowest BCUT2D eigenvalue weighted by molar-refractivity contribution is 0.0691. The fourth-order valence-electron chi connectivity index (χ4n) is 4.46. The van der Waals surface area contributed by atoms with E-state index in [9.17, 15) is 14.7 Å². The van der Waals surface area contributed by atoms with Crippen LogP contribution in [0.25, 0.3) is 32.9 Å². The van der Waals surface area contributed by atoms with Crippen LogP contribution in [0.3, 0.4) is 0 Å². The van der Waals surface area contributed by atoms with Crippen molar-refractivity contribution in [1.82, 2.24) is 9.97 Å². The van der Waals surface area contributed by atoms with Gasteiger partial charge in [0.2, 0.25) is 0 Å². The van der Waals surface area contributed by atoms with Crippen LogP contribution in [-0.4, -0.2) is 33.6 Å². The van der Waals surface area contributed by atoms with Crippen molar-refractivity contribution in [3.8, 4) is 10.6 Å². The molecule has 3 heterocycles. The van der Waals surface area contributed by atoms with Crippen molar-refractivity contribution in [2.75, 3.05) is 16.8 Å². The van der Waals surface area contributed by atoms with Gasteiger partial charge in [0.1, 0.15) is 5.01 Å². The molecule has 6 rings (SSSR count). The van der Waals surface area contributed by atoms with E-state index in [1.165, 1.54) is 22.7 Å². The molecule has 7 nitrogen and oxygen atoms in total. The third kappa shape index (κ3) is 4.81. The van der Waals surface area contributed by atoms with E-state index in [0.717, 1.165) is 45.4 Å². The van der Waals surface area contributed by atoms with Crippen molar-refractivity contribution in [2.24, 2.45) is 0 Å². The lowest BCUT2D eigenvalue weighted by Crippen LogP contribution is -2.38. The zero-order chi connectivity index (χ0) is 26.1. The maximum atomic E-state index is 13.3. The first-order valence-corrected chi connectivity index (χ1v) is 13.7. The third-order valence-corrected chi connectivity index (χ3v) is 8.31. The summed E-state index contributed by atoms with van der Waals surface area (Å²) >= 11 is 2.76. The Labute approximate surface area is 226 Å². The van der Waals surface area contributed by atoms with E-state index < -0.39 is 5.97 Å². The first kappa shape index (κ1) is 24.0. The fourth-order valence-corrected chi connectivity index (χ4v) is 6.27. The molecule has 3 aromatic carbocycles. The second kappa shape index (κ2) is 10.2. The molecule has 1 aliphatic heterocycles. The molecular weight excluding hydrogens is 516 g/mol. The van der Waals surface area contributed by atoms with E-state index >= 15 is 0 Å². The highest BCUT2D eigenvalue weighted by Crippen LogP contribution is 2.36. The second-order valence-corrected chi connectivity index (χ2v) is 10.9. The molecule has 0 spiro atoms. The molecule has 2 amide bonds. The molecule has 2 N–H and O–H groups in total. The van der Waals surface area contributed by atoms with Gasteiger partial charge in [0.05, 0.1) is 15.1 Å². The summed E-state index contributed by atoms with van der Waals surface area (Å²) in [4.78, 5) is 36.5. The van der Waals surface area contributed by atoms with Crippen LogP contribution in [0.1, 0.15) is 32.9 Å². The number of hydrogen-bond acceptors (Lipinski definition) is 6. The molecule has 2 aromatic heterocycles. The zero-order valence-electron chi connectivity index (χ0n) is 20.1. The molecule has 0 saturated carbocycles. The summed E-state index contributed by atoms with van der Waals surface area (Å²) in [5.41, 5.74) is 4.49. The van der Waals surface area contributed by atoms with Crippen molar-refractivity contribution in [2.45, 2.75) is 12.8 Å². The van der Waals surface area contributed by atoms with Crippen LogP contribution in [0.4, 0.5) is 15.6 Å². The highest BCUT2D eigenvalue weighted by Gasteiger charge is 2.25. The lowest BCUT2D eigenvalue weighted by atomic mass is 10.00. The number of aromatic nitrogens is 2. The molecule has 0 atom stereocenters. The first-order valence-electron chi connectivity index (χ1n) is 12.1. The summed E-state index contributed by atoms with van der Waals surface area (Å²) in [6.07, 6.45) is 5.39. The van der Waals surface area contributed by atoms with Gasteiger partial charge in [-0.3, -0.25) is 10.2 Å². The third-order valence-electron chi connectivity index (χ3n) is 6.29. The molecule has 0 radical (unpaired) electrons. The van der Waals surface area contributed by atoms with Gasteiger partial charge in [-0.25, -0.2) is 19.6 Å². The summed E-state index contributed by atoms with van der Waals surface area (Å²) in [6, 6.07) is 23.1. The number of carboxylic acid groups (broad SMARTS) is 1. The number of aromatic carboxylic acids is 1. The van der Waals surface area contributed by atoms with E-state index in [1.54, 1.807) is 11.0 Å². The summed E-state index contributed by atoms with van der Waals surface area (Å²) in [5.74, 6) is -1.07. The topological polar surface area (TPSA) is 95.4 Å². The quantitative estimate of drug-likeness (QED) is 0.245. The Morgan fingerprint density at radius 3 is 2.58 bits per heavy atom. The summed E-state index contributed by atoms with van der Waals surface area (Å²) < 4.78 is 1.01. The highest BCUT2D eigenvalue weighted by atomic mass is 32.1. The predicted octanol–water partition coefficient (Wildman–Crippen LogP) is 7.27. The SMILES string of the molecule is O=C(O)c1nc(-c2ccc3c(c2)N(C(=O)Nc2nc4ccccc4s2)CCC3)sc1/C=C/c1ccccc1. The summed E-state index contributed by atoms with van der Waals surface area (Å²) in [7, 11) is 0. The Balaban J connectivity index is 1.30. The number of carbonyl (C=O) groups excluding carboxylic acids is 1. The number of fused-ring (bicyclic) bond motifs is 2. The minimum Gasteiger partial charge on any atom is -0.476 e. The van der Waals surface area contributed by atoms with Crippen molar-refractivity contribution < 1.29 is 14.7 Å². The van der Waals surface area contributed by atoms with Gasteiger partial charge in [0.15, 0.2) is 10.8 Å². The van der Waals surface area contributed by atoms with Crippen LogP contribution in [-0.2, 0) is 6.42 Å². The first-order chi connectivity index (χ1) is 18.5. The molecule has 0 bridgehead atoms. The van der Waals surface area contributed by atoms with Crippen LogP contribution in [0.2, 0.25) is 0 Å². The number of rotatable bonds is 5. The van der Waals surface area contributed by atoms with Gasteiger partial charge in [-0.2, -0.15) is 0 Å². The normalized spacial score (nSPS) is 13.1. The van der Waals surface area contributed by atoms with Crippen molar-refractivity contribution >= 4 is 67.9 Å². The smallest absolute Gasteiger partial charge is 0.356 e. The summed E-state index contributed by atoms with van der Waals surface area (Å²) in [6.45, 7) is 0.580. The Kier molecular flexibility index (Phi) is 6.45. The number of benzene rings is 3. The zero-order valence-corrected chi connectivity index (χ0v) is 21.8. The van der Waals surface area contributed by atoms with Gasteiger partial charge in [-0.05, 0) is 48.2 Å². The monoisotopic (exact) mass is 538 g/mol. The number of urea groups is 1. The van der Waals surface area contributed by atoms with E-state index in [4.69, 9.17) is 0 Å². The minimum atomic E-state index is -1.07. The predicted molar refractivity (Wildman–Crippen MR) is 154 cm³/mol. The van der Waals surface area contributed by atoms with E-state index in [1.807, 2.05) is 78.9 Å². The number of carboxylic acids is 1. The number of para-hydroxylation sites is 1. The molecule has 1 aliphatic rings. The molecule has 0 unspecified atom stereocenters. The second-order valence-electron chi connectivity index (χ2n) is 8.80. The molecule has 38 heavy (non-hydrogen) atoms. The van der Waals surface area contributed by atoms with Gasteiger partial charge in [0, 0.05) is 17.8 Å². The molecular formula is C29H22N4O3S2. The average molecular weight is 539 g/mol. The van der Waals surface area contributed by atoms with Crippen molar-refractivity contribution in [3.05, 3.63) is 94.5 Å². The van der Waals surface area contributed by atoms with Crippen molar-refractivity contribution in [3.63, 3.8) is 0 Å². The Morgan fingerprint density at radius 2 is 1.76 bits per heavy atom. The van der Waals surface area contributed by atoms with Crippen LogP contribution < -0.4 is 10.2 Å². The van der Waals surface area contributed by atoms with Gasteiger partial charge < -0.3 is 5.11 Å². The number of aryl methyl sites for hydroxylation is 1. The Bertz CT molecular complexity index is 1660. The van der Waals surface area contributed by atoms with E-state index in [0.29, 0.717) is 21.6 Å². The molecule has 5 aromatic rings. The maximum absolute atomic E-state index is 13.3. The molecule has 9 heteroatoms. The maximum Gasteiger partial charge on any atom is 0.356 e. The molecule has 0 saturated heterocycles. The van der Waals surface area contributed by atoms with Crippen LogP contribution >= 0.6 is 22.7 Å². The van der Waals surface area contributed by atoms with Crippen molar-refractivity contribution in [1.29, 1.82) is 0 Å². The summed E-state index contributed by atoms with van der Waals surface area (Å²) in [5, 5.41) is 13.9. The number of hydrogen-bond donors (Lipinski definition) is 2. The average Bonchev–Trinajstić information content (AvgIpc) is 3.56. The molecule has 0 fully saturated rings. The lowest BCUT2D eigenvalue weighted by Gasteiger charge is -2.29. The number of nitrogens with one attached hydrogen (secondary N) is 1. The van der Waals surface area contributed by atoms with Crippen LogP contribution in [0, 0.1) is 0 Å². The Hall–Kier alpha value is -4.34. The van der Waals surface area contributed by atoms with Crippen LogP contribution in [0.15, 0.2) is 72.8 Å².